The normalized spacial score (nSPS) is 18.4. The van der Waals surface area contributed by atoms with Gasteiger partial charge in [-0.2, -0.15) is 0 Å². The Bertz CT molecular complexity index is 1250. The molecule has 0 fully saturated rings. The number of hydrogen-bond acceptors (Lipinski definition) is 6. The summed E-state index contributed by atoms with van der Waals surface area (Å²) in [6.07, 6.45) is 3.94. The Morgan fingerprint density at radius 1 is 1.19 bits per heavy atom. The molecule has 6 heteroatoms. The minimum atomic E-state index is -0.696. The Labute approximate surface area is 179 Å². The maximum atomic E-state index is 12.7. The summed E-state index contributed by atoms with van der Waals surface area (Å²) < 4.78 is 12.1. The first-order chi connectivity index (χ1) is 14.7. The lowest BCUT2D eigenvalue weighted by atomic mass is 9.92. The van der Waals surface area contributed by atoms with Crippen LogP contribution in [0, 0.1) is 0 Å². The fraction of sp³-hybridized carbons (Fsp3) is 0.240. The second-order valence-corrected chi connectivity index (χ2v) is 8.18. The van der Waals surface area contributed by atoms with E-state index in [9.17, 15) is 20.1 Å². The van der Waals surface area contributed by atoms with E-state index in [4.69, 9.17) is 9.15 Å². The van der Waals surface area contributed by atoms with Crippen molar-refractivity contribution in [3.05, 3.63) is 70.4 Å². The summed E-state index contributed by atoms with van der Waals surface area (Å²) in [5.41, 5.74) is 0.847. The van der Waals surface area contributed by atoms with Crippen molar-refractivity contribution >= 4 is 17.0 Å². The molecule has 3 N–H and O–H groups in total. The van der Waals surface area contributed by atoms with Crippen molar-refractivity contribution in [3.8, 4) is 28.6 Å². The Balaban J connectivity index is 1.75. The van der Waals surface area contributed by atoms with Crippen LogP contribution in [0.3, 0.4) is 0 Å². The number of hydrogen-bond donors (Lipinski definition) is 3. The van der Waals surface area contributed by atoms with Crippen molar-refractivity contribution in [2.45, 2.75) is 38.4 Å². The zero-order valence-corrected chi connectivity index (χ0v) is 17.4. The van der Waals surface area contributed by atoms with Gasteiger partial charge in [-0.15, -0.1) is 0 Å². The molecule has 6 nitrogen and oxygen atoms in total. The van der Waals surface area contributed by atoms with Crippen molar-refractivity contribution in [3.63, 3.8) is 0 Å². The van der Waals surface area contributed by atoms with Crippen LogP contribution in [0.1, 0.15) is 32.3 Å². The lowest BCUT2D eigenvalue weighted by Crippen LogP contribution is -2.33. The van der Waals surface area contributed by atoms with Crippen LogP contribution in [0.4, 0.5) is 0 Å². The van der Waals surface area contributed by atoms with Crippen molar-refractivity contribution < 1.29 is 24.5 Å². The van der Waals surface area contributed by atoms with Crippen molar-refractivity contribution in [1.29, 1.82) is 0 Å². The molecule has 2 heterocycles. The number of ether oxygens (including phenoxy) is 1. The first kappa shape index (κ1) is 20.8. The number of fused-ring (bicyclic) bond motifs is 2. The Morgan fingerprint density at radius 3 is 2.58 bits per heavy atom. The maximum Gasteiger partial charge on any atom is 0.197 e. The van der Waals surface area contributed by atoms with Gasteiger partial charge in [0.15, 0.2) is 5.43 Å². The topological polar surface area (TPSA) is 100 Å². The van der Waals surface area contributed by atoms with Crippen LogP contribution < -0.4 is 10.2 Å². The molecule has 0 aliphatic carbocycles. The van der Waals surface area contributed by atoms with E-state index in [0.29, 0.717) is 41.1 Å². The van der Waals surface area contributed by atoms with Gasteiger partial charge in [-0.1, -0.05) is 12.2 Å². The van der Waals surface area contributed by atoms with Crippen LogP contribution in [0.25, 0.3) is 28.4 Å². The third-order valence-corrected chi connectivity index (χ3v) is 5.57. The molecule has 2 atom stereocenters. The van der Waals surface area contributed by atoms with Crippen LogP contribution in [-0.4, -0.2) is 27.0 Å². The van der Waals surface area contributed by atoms with E-state index in [-0.39, 0.29) is 27.9 Å². The van der Waals surface area contributed by atoms with E-state index in [0.717, 1.165) is 0 Å². The van der Waals surface area contributed by atoms with Crippen molar-refractivity contribution in [2.24, 2.45) is 0 Å². The average molecular weight is 420 g/mol. The second kappa shape index (κ2) is 7.63. The highest BCUT2D eigenvalue weighted by molar-refractivity contribution is 5.91. The molecule has 0 spiro atoms. The number of aliphatic hydroxyl groups excluding tert-OH is 1. The second-order valence-electron chi connectivity index (χ2n) is 8.18. The number of benzene rings is 2. The smallest absolute Gasteiger partial charge is 0.197 e. The van der Waals surface area contributed by atoms with Gasteiger partial charge >= 0.3 is 0 Å². The predicted octanol–water partition coefficient (Wildman–Crippen LogP) is 4.75. The SMILES string of the molecule is C=C(C)C(O)CC[C@]1(C)C=Cc2c(cc3oc(-c4ccc(O)cc4)cc(=O)c3c2O)O1. The van der Waals surface area contributed by atoms with Gasteiger partial charge in [-0.25, -0.2) is 0 Å². The van der Waals surface area contributed by atoms with Gasteiger partial charge in [0.1, 0.15) is 39.6 Å². The molecule has 0 radical (unpaired) electrons. The monoisotopic (exact) mass is 420 g/mol. The molecular formula is C25H24O6. The largest absolute Gasteiger partial charge is 0.508 e. The summed E-state index contributed by atoms with van der Waals surface area (Å²) in [5.74, 6) is 0.620. The third-order valence-electron chi connectivity index (χ3n) is 5.57. The quantitative estimate of drug-likeness (QED) is 0.515. The summed E-state index contributed by atoms with van der Waals surface area (Å²) in [5, 5.41) is 30.4. The molecular weight excluding hydrogens is 396 g/mol. The zero-order valence-electron chi connectivity index (χ0n) is 17.4. The third kappa shape index (κ3) is 3.94. The van der Waals surface area contributed by atoms with E-state index in [2.05, 4.69) is 6.58 Å². The number of aromatic hydroxyl groups is 2. The molecule has 2 aromatic carbocycles. The summed E-state index contributed by atoms with van der Waals surface area (Å²) >= 11 is 0. The lowest BCUT2D eigenvalue weighted by molar-refractivity contribution is 0.101. The molecule has 0 saturated carbocycles. The standard InChI is InChI=1S/C25H24O6/c1-14(2)18(27)9-11-25(3)10-8-17-21(31-25)13-22-23(24(17)29)19(28)12-20(30-22)15-4-6-16(26)7-5-15/h4-8,10,12-13,18,26-27,29H,1,9,11H2,2-3H3/t18?,25-/m0/s1. The van der Waals surface area contributed by atoms with Crippen LogP contribution >= 0.6 is 0 Å². The van der Waals surface area contributed by atoms with Gasteiger partial charge in [0.25, 0.3) is 0 Å². The van der Waals surface area contributed by atoms with Crippen molar-refractivity contribution in [1.82, 2.24) is 0 Å². The Morgan fingerprint density at radius 2 is 1.90 bits per heavy atom. The first-order valence-corrected chi connectivity index (χ1v) is 10.0. The molecule has 1 aromatic heterocycles. The molecule has 31 heavy (non-hydrogen) atoms. The van der Waals surface area contributed by atoms with Gasteiger partial charge in [0, 0.05) is 17.7 Å². The predicted molar refractivity (Wildman–Crippen MR) is 119 cm³/mol. The molecule has 160 valence electrons. The summed E-state index contributed by atoms with van der Waals surface area (Å²) in [6.45, 7) is 7.44. The maximum absolute atomic E-state index is 12.7. The molecule has 4 rings (SSSR count). The van der Waals surface area contributed by atoms with E-state index in [1.54, 1.807) is 31.2 Å². The fourth-order valence-electron chi connectivity index (χ4n) is 3.66. The van der Waals surface area contributed by atoms with Crippen LogP contribution in [0.2, 0.25) is 0 Å². The van der Waals surface area contributed by atoms with Crippen LogP contribution in [0.15, 0.2) is 63.8 Å². The Kier molecular flexibility index (Phi) is 5.11. The van der Waals surface area contributed by atoms with E-state index in [1.807, 2.05) is 13.0 Å². The molecule has 0 bridgehead atoms. The zero-order chi connectivity index (χ0) is 22.3. The first-order valence-electron chi connectivity index (χ1n) is 10.0. The van der Waals surface area contributed by atoms with Gasteiger partial charge in [0.2, 0.25) is 0 Å². The summed E-state index contributed by atoms with van der Waals surface area (Å²) in [7, 11) is 0. The van der Waals surface area contributed by atoms with Crippen molar-refractivity contribution in [2.75, 3.05) is 0 Å². The number of phenols is 2. The van der Waals surface area contributed by atoms with Crippen LogP contribution in [-0.2, 0) is 0 Å². The lowest BCUT2D eigenvalue weighted by Gasteiger charge is -2.32. The minimum Gasteiger partial charge on any atom is -0.508 e. The number of rotatable bonds is 5. The molecule has 1 unspecified atom stereocenters. The molecule has 0 saturated heterocycles. The van der Waals surface area contributed by atoms with Gasteiger partial charge < -0.3 is 24.5 Å². The van der Waals surface area contributed by atoms with E-state index >= 15 is 0 Å². The number of aliphatic hydroxyl groups is 1. The van der Waals surface area contributed by atoms with Gasteiger partial charge in [-0.3, -0.25) is 4.79 Å². The van der Waals surface area contributed by atoms with E-state index < -0.39 is 11.7 Å². The Hall–Kier alpha value is -3.51. The minimum absolute atomic E-state index is 0.0795. The fourth-order valence-corrected chi connectivity index (χ4v) is 3.66. The molecule has 1 aliphatic heterocycles. The summed E-state index contributed by atoms with van der Waals surface area (Å²) in [6, 6.07) is 9.21. The molecule has 3 aromatic rings. The highest BCUT2D eigenvalue weighted by Crippen LogP contribution is 2.42. The molecule has 0 amide bonds. The molecule has 1 aliphatic rings. The highest BCUT2D eigenvalue weighted by atomic mass is 16.5. The van der Waals surface area contributed by atoms with E-state index in [1.165, 1.54) is 18.2 Å². The van der Waals surface area contributed by atoms with Gasteiger partial charge in [-0.05, 0) is 63.1 Å². The average Bonchev–Trinajstić information content (AvgIpc) is 2.72. The number of phenolic OH excluding ortho intramolecular Hbond substituents is 2. The van der Waals surface area contributed by atoms with Gasteiger partial charge in [0.05, 0.1) is 11.7 Å². The van der Waals surface area contributed by atoms with Crippen LogP contribution in [0.5, 0.6) is 17.2 Å². The summed E-state index contributed by atoms with van der Waals surface area (Å²) in [4.78, 5) is 12.7. The highest BCUT2D eigenvalue weighted by Gasteiger charge is 2.31.